The Hall–Kier alpha value is -3.28. The fourth-order valence-electron chi connectivity index (χ4n) is 2.98. The molecule has 132 valence electrons. The number of ether oxygens (including phenoxy) is 2. The van der Waals surface area contributed by atoms with Crippen LogP contribution in [-0.2, 0) is 11.2 Å². The van der Waals surface area contributed by atoms with E-state index in [2.05, 4.69) is 5.32 Å². The fourth-order valence-corrected chi connectivity index (χ4v) is 2.98. The highest BCUT2D eigenvalue weighted by atomic mass is 16.7. The van der Waals surface area contributed by atoms with E-state index in [0.29, 0.717) is 29.9 Å². The summed E-state index contributed by atoms with van der Waals surface area (Å²) < 4.78 is 15.8. The molecule has 1 amide bonds. The van der Waals surface area contributed by atoms with Crippen LogP contribution in [0.5, 0.6) is 11.5 Å². The van der Waals surface area contributed by atoms with Crippen LogP contribution in [0.3, 0.4) is 0 Å². The zero-order valence-corrected chi connectivity index (χ0v) is 14.2. The van der Waals surface area contributed by atoms with Gasteiger partial charge in [0.2, 0.25) is 12.7 Å². The molecule has 4 rings (SSSR count). The molecule has 0 bridgehead atoms. The summed E-state index contributed by atoms with van der Waals surface area (Å²) in [5.41, 5.74) is 2.51. The number of hydrogen-bond donors (Lipinski definition) is 1. The average Bonchev–Trinajstić information content (AvgIpc) is 3.07. The molecule has 0 fully saturated rings. The van der Waals surface area contributed by atoms with Crippen molar-refractivity contribution in [2.75, 3.05) is 12.1 Å². The number of rotatable bonds is 4. The number of aryl methyl sites for hydroxylation is 2. The van der Waals surface area contributed by atoms with Crippen molar-refractivity contribution in [2.24, 2.45) is 0 Å². The molecule has 0 saturated heterocycles. The van der Waals surface area contributed by atoms with E-state index >= 15 is 0 Å². The Morgan fingerprint density at radius 3 is 2.81 bits per heavy atom. The zero-order chi connectivity index (χ0) is 18.1. The van der Waals surface area contributed by atoms with Crippen LogP contribution in [-0.4, -0.2) is 12.7 Å². The van der Waals surface area contributed by atoms with Gasteiger partial charge in [0.15, 0.2) is 11.5 Å². The minimum atomic E-state index is -0.402. The Kier molecular flexibility index (Phi) is 4.08. The summed E-state index contributed by atoms with van der Waals surface area (Å²) in [7, 11) is 0. The second kappa shape index (κ2) is 6.55. The molecule has 2 heterocycles. The first-order valence-electron chi connectivity index (χ1n) is 8.31. The van der Waals surface area contributed by atoms with E-state index in [1.807, 2.05) is 31.2 Å². The topological polar surface area (TPSA) is 77.8 Å². The lowest BCUT2D eigenvalue weighted by atomic mass is 10.1. The van der Waals surface area contributed by atoms with Gasteiger partial charge < -0.3 is 19.2 Å². The molecule has 0 atom stereocenters. The minimum absolute atomic E-state index is 0.114. The Labute approximate surface area is 149 Å². The minimum Gasteiger partial charge on any atom is -0.454 e. The highest BCUT2D eigenvalue weighted by Gasteiger charge is 2.14. The van der Waals surface area contributed by atoms with Gasteiger partial charge in [-0.15, -0.1) is 0 Å². The van der Waals surface area contributed by atoms with Crippen molar-refractivity contribution in [3.8, 4) is 11.5 Å². The van der Waals surface area contributed by atoms with Gasteiger partial charge >= 0.3 is 5.63 Å². The molecule has 1 aliphatic rings. The summed E-state index contributed by atoms with van der Waals surface area (Å²) in [4.78, 5) is 23.7. The summed E-state index contributed by atoms with van der Waals surface area (Å²) in [6.45, 7) is 2.08. The third kappa shape index (κ3) is 3.26. The van der Waals surface area contributed by atoms with Crippen molar-refractivity contribution >= 4 is 22.6 Å². The second-order valence-electron chi connectivity index (χ2n) is 6.20. The molecule has 6 nitrogen and oxygen atoms in total. The Balaban J connectivity index is 1.43. The molecule has 26 heavy (non-hydrogen) atoms. The number of amides is 1. The van der Waals surface area contributed by atoms with Crippen molar-refractivity contribution in [3.63, 3.8) is 0 Å². The molecule has 0 aliphatic carbocycles. The number of hydrogen-bond acceptors (Lipinski definition) is 5. The molecule has 6 heteroatoms. The lowest BCUT2D eigenvalue weighted by molar-refractivity contribution is -0.116. The Bertz CT molecular complexity index is 1050. The summed E-state index contributed by atoms with van der Waals surface area (Å²) in [6.07, 6.45) is 0.916. The van der Waals surface area contributed by atoms with E-state index in [-0.39, 0.29) is 12.7 Å². The molecule has 2 aromatic carbocycles. The van der Waals surface area contributed by atoms with E-state index < -0.39 is 5.63 Å². The first-order valence-corrected chi connectivity index (χ1v) is 8.31. The molecule has 0 spiro atoms. The summed E-state index contributed by atoms with van der Waals surface area (Å²) in [5, 5.41) is 3.69. The van der Waals surface area contributed by atoms with Gasteiger partial charge in [-0.25, -0.2) is 4.79 Å². The van der Waals surface area contributed by atoms with Crippen LogP contribution in [0.2, 0.25) is 0 Å². The maximum atomic E-state index is 12.2. The van der Waals surface area contributed by atoms with Gasteiger partial charge in [0.05, 0.1) is 0 Å². The third-order valence-electron chi connectivity index (χ3n) is 4.31. The lowest BCUT2D eigenvalue weighted by Crippen LogP contribution is -2.12. The molecule has 1 aliphatic heterocycles. The maximum Gasteiger partial charge on any atom is 0.336 e. The van der Waals surface area contributed by atoms with Gasteiger partial charge in [0.25, 0.3) is 0 Å². The Morgan fingerprint density at radius 1 is 1.08 bits per heavy atom. The van der Waals surface area contributed by atoms with Crippen LogP contribution in [0, 0.1) is 6.92 Å². The van der Waals surface area contributed by atoms with Gasteiger partial charge in [0, 0.05) is 29.6 Å². The van der Waals surface area contributed by atoms with Crippen molar-refractivity contribution in [1.29, 1.82) is 0 Å². The maximum absolute atomic E-state index is 12.2. The zero-order valence-electron chi connectivity index (χ0n) is 14.2. The number of nitrogens with one attached hydrogen (secondary N) is 1. The van der Waals surface area contributed by atoms with Crippen molar-refractivity contribution in [3.05, 3.63) is 64.0 Å². The molecule has 0 radical (unpaired) electrons. The smallest absolute Gasteiger partial charge is 0.336 e. The number of benzene rings is 2. The number of carbonyl (C=O) groups is 1. The highest BCUT2D eigenvalue weighted by Crippen LogP contribution is 2.32. The van der Waals surface area contributed by atoms with Gasteiger partial charge in [-0.3, -0.25) is 4.79 Å². The number of fused-ring (bicyclic) bond motifs is 2. The van der Waals surface area contributed by atoms with Crippen molar-refractivity contribution < 1.29 is 18.7 Å². The van der Waals surface area contributed by atoms with Gasteiger partial charge in [0.1, 0.15) is 5.58 Å². The molecular formula is C20H17NO5. The van der Waals surface area contributed by atoms with E-state index in [4.69, 9.17) is 13.9 Å². The molecule has 0 saturated carbocycles. The first-order chi connectivity index (χ1) is 12.6. The van der Waals surface area contributed by atoms with Crippen LogP contribution < -0.4 is 20.4 Å². The third-order valence-corrected chi connectivity index (χ3v) is 4.31. The van der Waals surface area contributed by atoms with Crippen LogP contribution in [0.4, 0.5) is 5.69 Å². The van der Waals surface area contributed by atoms with E-state index in [9.17, 15) is 9.59 Å². The van der Waals surface area contributed by atoms with E-state index in [0.717, 1.165) is 22.3 Å². The average molecular weight is 351 g/mol. The standard InChI is InChI=1S/C20H17NO5/c1-12-8-20(23)26-17-10-14(4-5-15(12)17)21-19(22)7-3-13-2-6-16-18(9-13)25-11-24-16/h2,4-6,8-10H,3,7,11H2,1H3,(H,21,22). The molecule has 0 unspecified atom stereocenters. The van der Waals surface area contributed by atoms with Crippen LogP contribution in [0.25, 0.3) is 11.0 Å². The number of carbonyl (C=O) groups excluding carboxylic acids is 1. The monoisotopic (exact) mass is 351 g/mol. The number of anilines is 1. The van der Waals surface area contributed by atoms with Crippen molar-refractivity contribution in [1.82, 2.24) is 0 Å². The van der Waals surface area contributed by atoms with Crippen molar-refractivity contribution in [2.45, 2.75) is 19.8 Å². The van der Waals surface area contributed by atoms with Gasteiger partial charge in [-0.05, 0) is 48.7 Å². The highest BCUT2D eigenvalue weighted by molar-refractivity contribution is 5.93. The van der Waals surface area contributed by atoms with E-state index in [1.54, 1.807) is 12.1 Å². The molecule has 1 aromatic heterocycles. The lowest BCUT2D eigenvalue weighted by Gasteiger charge is -2.07. The molecule has 1 N–H and O–H groups in total. The van der Waals surface area contributed by atoms with Crippen LogP contribution in [0.15, 0.2) is 51.7 Å². The SMILES string of the molecule is Cc1cc(=O)oc2cc(NC(=O)CCc3ccc4c(c3)OCO4)ccc12. The second-order valence-corrected chi connectivity index (χ2v) is 6.20. The molecule has 3 aromatic rings. The predicted molar refractivity (Wildman–Crippen MR) is 96.7 cm³/mol. The van der Waals surface area contributed by atoms with Gasteiger partial charge in [-0.2, -0.15) is 0 Å². The largest absolute Gasteiger partial charge is 0.454 e. The summed E-state index contributed by atoms with van der Waals surface area (Å²) >= 11 is 0. The molecular weight excluding hydrogens is 334 g/mol. The predicted octanol–water partition coefficient (Wildman–Crippen LogP) is 3.40. The van der Waals surface area contributed by atoms with Gasteiger partial charge in [-0.1, -0.05) is 6.07 Å². The first kappa shape index (κ1) is 16.2. The van der Waals surface area contributed by atoms with E-state index in [1.165, 1.54) is 6.07 Å². The Morgan fingerprint density at radius 2 is 1.92 bits per heavy atom. The van der Waals surface area contributed by atoms with Crippen LogP contribution >= 0.6 is 0 Å². The summed E-state index contributed by atoms with van der Waals surface area (Å²) in [6, 6.07) is 12.4. The normalized spacial score (nSPS) is 12.3. The van der Waals surface area contributed by atoms with Crippen LogP contribution in [0.1, 0.15) is 17.5 Å². The fraction of sp³-hybridized carbons (Fsp3) is 0.200. The summed E-state index contributed by atoms with van der Waals surface area (Å²) in [5.74, 6) is 1.33. The quantitative estimate of drug-likeness (QED) is 0.729.